The highest BCUT2D eigenvalue weighted by atomic mass is 32.1. The maximum Gasteiger partial charge on any atom is 0.236 e. The molecule has 0 saturated carbocycles. The van der Waals surface area contributed by atoms with Crippen molar-refractivity contribution in [2.75, 3.05) is 19.5 Å². The van der Waals surface area contributed by atoms with Crippen molar-refractivity contribution in [1.82, 2.24) is 10.6 Å². The zero-order valence-corrected chi connectivity index (χ0v) is 16.6. The lowest BCUT2D eigenvalue weighted by atomic mass is 9.79. The van der Waals surface area contributed by atoms with Gasteiger partial charge >= 0.3 is 0 Å². The lowest BCUT2D eigenvalue weighted by molar-refractivity contribution is -0.132. The number of fused-ring (bicyclic) bond motifs is 4. The number of thiocarbonyl (C=S) groups is 1. The SMILES string of the molecule is COc1ccccc1NC(=O)[C@@H]1[C@@H]2NC(=S)N[C@@]1(C)Oc1c(OC)cccc12. The summed E-state index contributed by atoms with van der Waals surface area (Å²) in [6.45, 7) is 1.81. The quantitative estimate of drug-likeness (QED) is 0.682. The van der Waals surface area contributed by atoms with Crippen molar-refractivity contribution in [3.05, 3.63) is 48.0 Å². The minimum Gasteiger partial charge on any atom is -0.495 e. The maximum atomic E-state index is 13.3. The number of hydrogen-bond acceptors (Lipinski definition) is 5. The van der Waals surface area contributed by atoms with Gasteiger partial charge in [-0.25, -0.2) is 0 Å². The third-order valence-corrected chi connectivity index (χ3v) is 5.32. The van der Waals surface area contributed by atoms with Crippen LogP contribution in [0.3, 0.4) is 0 Å². The van der Waals surface area contributed by atoms with Crippen molar-refractivity contribution in [3.63, 3.8) is 0 Å². The van der Waals surface area contributed by atoms with Crippen molar-refractivity contribution >= 4 is 28.9 Å². The van der Waals surface area contributed by atoms with E-state index < -0.39 is 11.6 Å². The third kappa shape index (κ3) is 2.90. The van der Waals surface area contributed by atoms with E-state index in [4.69, 9.17) is 26.4 Å². The zero-order chi connectivity index (χ0) is 19.9. The lowest BCUT2D eigenvalue weighted by Crippen LogP contribution is -2.70. The van der Waals surface area contributed by atoms with Crippen LogP contribution in [0.4, 0.5) is 5.69 Å². The molecule has 0 unspecified atom stereocenters. The summed E-state index contributed by atoms with van der Waals surface area (Å²) < 4.78 is 17.0. The first kappa shape index (κ1) is 18.4. The Morgan fingerprint density at radius 1 is 1.14 bits per heavy atom. The van der Waals surface area contributed by atoms with Gasteiger partial charge in [-0.05, 0) is 37.3 Å². The highest BCUT2D eigenvalue weighted by Crippen LogP contribution is 2.49. The van der Waals surface area contributed by atoms with E-state index in [0.29, 0.717) is 28.0 Å². The minimum absolute atomic E-state index is 0.215. The number of methoxy groups -OCH3 is 2. The van der Waals surface area contributed by atoms with Gasteiger partial charge in [-0.3, -0.25) is 4.79 Å². The average Bonchev–Trinajstić information content (AvgIpc) is 2.66. The molecule has 3 atom stereocenters. The van der Waals surface area contributed by atoms with E-state index in [0.717, 1.165) is 5.56 Å². The zero-order valence-electron chi connectivity index (χ0n) is 15.7. The maximum absolute atomic E-state index is 13.3. The molecular weight excluding hydrogens is 378 g/mol. The average molecular weight is 399 g/mol. The third-order valence-electron chi connectivity index (χ3n) is 5.10. The van der Waals surface area contributed by atoms with Gasteiger partial charge in [0.1, 0.15) is 11.7 Å². The Hall–Kier alpha value is -3.00. The molecule has 0 radical (unpaired) electrons. The Bertz CT molecular complexity index is 951. The van der Waals surface area contributed by atoms with E-state index in [2.05, 4.69) is 16.0 Å². The standard InChI is InChI=1S/C20H21N3O4S/c1-20-15(18(24)21-12-8-4-5-9-13(12)25-2)16(22-19(28)23-20)11-7-6-10-14(26-3)17(11)27-20/h4-10,15-16H,1-3H3,(H,21,24)(H2,22,23,28)/t15-,16+,20-/m0/s1. The van der Waals surface area contributed by atoms with E-state index in [1.807, 2.05) is 37.3 Å². The fraction of sp³-hybridized carbons (Fsp3) is 0.300. The van der Waals surface area contributed by atoms with E-state index in [-0.39, 0.29) is 11.9 Å². The summed E-state index contributed by atoms with van der Waals surface area (Å²) in [5.41, 5.74) is 0.373. The Kier molecular flexibility index (Phi) is 4.50. The van der Waals surface area contributed by atoms with Gasteiger partial charge in [0.15, 0.2) is 22.3 Å². The van der Waals surface area contributed by atoms with Gasteiger partial charge in [0.05, 0.1) is 25.9 Å². The topological polar surface area (TPSA) is 80.9 Å². The molecule has 2 heterocycles. The molecule has 0 aromatic heterocycles. The number of rotatable bonds is 4. The van der Waals surface area contributed by atoms with Crippen LogP contribution >= 0.6 is 12.2 Å². The van der Waals surface area contributed by atoms with Crippen LogP contribution in [0.15, 0.2) is 42.5 Å². The second-order valence-electron chi connectivity index (χ2n) is 6.83. The Labute approximate surface area is 168 Å². The summed E-state index contributed by atoms with van der Waals surface area (Å²) in [5.74, 6) is 0.980. The number of hydrogen-bond donors (Lipinski definition) is 3. The van der Waals surface area contributed by atoms with Gasteiger partial charge in [-0.15, -0.1) is 0 Å². The highest BCUT2D eigenvalue weighted by Gasteiger charge is 2.55. The first-order chi connectivity index (χ1) is 13.5. The number of amides is 1. The van der Waals surface area contributed by atoms with Crippen molar-refractivity contribution in [2.24, 2.45) is 5.92 Å². The monoisotopic (exact) mass is 399 g/mol. The molecule has 28 heavy (non-hydrogen) atoms. The van der Waals surface area contributed by atoms with Gasteiger partial charge < -0.3 is 30.2 Å². The molecule has 146 valence electrons. The number of carbonyl (C=O) groups excluding carboxylic acids is 1. The van der Waals surface area contributed by atoms with Crippen LogP contribution in [-0.4, -0.2) is 31.0 Å². The molecule has 8 heteroatoms. The largest absolute Gasteiger partial charge is 0.495 e. The van der Waals surface area contributed by atoms with Gasteiger partial charge in [-0.2, -0.15) is 0 Å². The van der Waals surface area contributed by atoms with E-state index >= 15 is 0 Å². The van der Waals surface area contributed by atoms with Crippen LogP contribution in [0.25, 0.3) is 0 Å². The van der Waals surface area contributed by atoms with Crippen LogP contribution in [0.1, 0.15) is 18.5 Å². The van der Waals surface area contributed by atoms with Crippen LogP contribution in [0, 0.1) is 5.92 Å². The molecule has 2 aromatic rings. The van der Waals surface area contributed by atoms with Gasteiger partial charge in [-0.1, -0.05) is 24.3 Å². The summed E-state index contributed by atoms with van der Waals surface area (Å²) in [4.78, 5) is 13.3. The van der Waals surface area contributed by atoms with E-state index in [1.54, 1.807) is 26.4 Å². The number of anilines is 1. The molecule has 0 spiro atoms. The smallest absolute Gasteiger partial charge is 0.236 e. The predicted molar refractivity (Wildman–Crippen MR) is 109 cm³/mol. The van der Waals surface area contributed by atoms with Crippen molar-refractivity contribution in [3.8, 4) is 17.2 Å². The Morgan fingerprint density at radius 3 is 2.61 bits per heavy atom. The Balaban J connectivity index is 1.74. The predicted octanol–water partition coefficient (Wildman–Crippen LogP) is 2.59. The van der Waals surface area contributed by atoms with Crippen LogP contribution in [0.5, 0.6) is 17.2 Å². The van der Waals surface area contributed by atoms with Gasteiger partial charge in [0.25, 0.3) is 0 Å². The first-order valence-electron chi connectivity index (χ1n) is 8.85. The van der Waals surface area contributed by atoms with Crippen molar-refractivity contribution < 1.29 is 19.0 Å². The number of nitrogens with one attached hydrogen (secondary N) is 3. The molecule has 4 rings (SSSR count). The molecule has 1 fully saturated rings. The molecule has 1 saturated heterocycles. The summed E-state index contributed by atoms with van der Waals surface area (Å²) in [5, 5.41) is 9.72. The van der Waals surface area contributed by atoms with Crippen LogP contribution in [-0.2, 0) is 4.79 Å². The van der Waals surface area contributed by atoms with Crippen LogP contribution in [0.2, 0.25) is 0 Å². The van der Waals surface area contributed by atoms with Gasteiger partial charge in [0, 0.05) is 5.56 Å². The Morgan fingerprint density at radius 2 is 1.86 bits per heavy atom. The minimum atomic E-state index is -1.04. The first-order valence-corrected chi connectivity index (χ1v) is 9.26. The normalized spacial score (nSPS) is 24.8. The number of ether oxygens (including phenoxy) is 3. The van der Waals surface area contributed by atoms with E-state index in [1.165, 1.54) is 0 Å². The van der Waals surface area contributed by atoms with E-state index in [9.17, 15) is 4.79 Å². The molecule has 2 bridgehead atoms. The molecular formula is C20H21N3O4S. The summed E-state index contributed by atoms with van der Waals surface area (Å²) in [7, 11) is 3.15. The second-order valence-corrected chi connectivity index (χ2v) is 7.24. The number of benzene rings is 2. The lowest BCUT2D eigenvalue weighted by Gasteiger charge is -2.50. The molecule has 1 amide bonds. The van der Waals surface area contributed by atoms with Gasteiger partial charge in [0.2, 0.25) is 5.91 Å². The van der Waals surface area contributed by atoms with Crippen molar-refractivity contribution in [2.45, 2.75) is 18.7 Å². The molecule has 7 nitrogen and oxygen atoms in total. The fourth-order valence-electron chi connectivity index (χ4n) is 3.85. The molecule has 3 N–H and O–H groups in total. The molecule has 0 aliphatic carbocycles. The number of para-hydroxylation sites is 3. The highest BCUT2D eigenvalue weighted by molar-refractivity contribution is 7.80. The summed E-state index contributed by atoms with van der Waals surface area (Å²) in [6.07, 6.45) is 0. The fourth-order valence-corrected chi connectivity index (χ4v) is 4.18. The second kappa shape index (κ2) is 6.87. The molecule has 2 aromatic carbocycles. The molecule has 2 aliphatic heterocycles. The molecule has 2 aliphatic rings. The van der Waals surface area contributed by atoms with Crippen LogP contribution < -0.4 is 30.2 Å². The summed E-state index contributed by atoms with van der Waals surface area (Å²) in [6, 6.07) is 12.5. The summed E-state index contributed by atoms with van der Waals surface area (Å²) >= 11 is 5.35. The van der Waals surface area contributed by atoms with Crippen molar-refractivity contribution in [1.29, 1.82) is 0 Å². The number of carbonyl (C=O) groups is 1.